The Balaban J connectivity index is 2.55. The van der Waals surface area contributed by atoms with E-state index in [9.17, 15) is 0 Å². The Morgan fingerprint density at radius 1 is 1.32 bits per heavy atom. The smallest absolute Gasteiger partial charge is 0.143 e. The Kier molecular flexibility index (Phi) is 5.21. The molecular formula is C15H19N3O. The molecule has 1 rings (SSSR count). The lowest BCUT2D eigenvalue weighted by Crippen LogP contribution is -2.11. The number of benzene rings is 1. The zero-order valence-electron chi connectivity index (χ0n) is 11.7. The number of methoxy groups -OCH3 is 1. The van der Waals surface area contributed by atoms with Crippen molar-refractivity contribution in [2.75, 3.05) is 19.0 Å². The Hall–Kier alpha value is -2.20. The number of rotatable bonds is 6. The summed E-state index contributed by atoms with van der Waals surface area (Å²) >= 11 is 0. The van der Waals surface area contributed by atoms with E-state index < -0.39 is 0 Å². The molecule has 0 radical (unpaired) electrons. The first-order chi connectivity index (χ1) is 9.02. The minimum absolute atomic E-state index is 0.281. The van der Waals surface area contributed by atoms with Gasteiger partial charge in [0, 0.05) is 12.6 Å². The van der Waals surface area contributed by atoms with E-state index in [1.54, 1.807) is 19.2 Å². The van der Waals surface area contributed by atoms with Crippen LogP contribution in [-0.4, -0.2) is 13.7 Å². The van der Waals surface area contributed by atoms with Gasteiger partial charge in [0.25, 0.3) is 0 Å². The van der Waals surface area contributed by atoms with Crippen molar-refractivity contribution in [2.45, 2.75) is 26.7 Å². The maximum atomic E-state index is 8.93. The fourth-order valence-corrected chi connectivity index (χ4v) is 1.72. The van der Waals surface area contributed by atoms with E-state index in [2.05, 4.69) is 17.5 Å². The summed E-state index contributed by atoms with van der Waals surface area (Å²) < 4.78 is 5.24. The molecule has 100 valence electrons. The summed E-state index contributed by atoms with van der Waals surface area (Å²) in [6, 6.07) is 9.67. The number of nitrogens with zero attached hydrogens (tertiary/aromatic N) is 2. The molecule has 0 saturated carbocycles. The van der Waals surface area contributed by atoms with Gasteiger partial charge in [-0.1, -0.05) is 0 Å². The Morgan fingerprint density at radius 3 is 2.63 bits per heavy atom. The highest BCUT2D eigenvalue weighted by Gasteiger charge is 2.15. The SMILES string of the molecule is COc1cc(C#N)ccc1NCCCC(C)(C)C#N. The maximum absolute atomic E-state index is 8.93. The third-order valence-corrected chi connectivity index (χ3v) is 2.93. The molecule has 19 heavy (non-hydrogen) atoms. The van der Waals surface area contributed by atoms with Gasteiger partial charge in [0.1, 0.15) is 5.75 Å². The summed E-state index contributed by atoms with van der Waals surface area (Å²) in [6.07, 6.45) is 1.75. The van der Waals surface area contributed by atoms with E-state index in [1.807, 2.05) is 19.9 Å². The van der Waals surface area contributed by atoms with Crippen molar-refractivity contribution in [1.82, 2.24) is 0 Å². The fourth-order valence-electron chi connectivity index (χ4n) is 1.72. The molecule has 0 fully saturated rings. The van der Waals surface area contributed by atoms with E-state index in [1.165, 1.54) is 0 Å². The molecule has 0 aliphatic heterocycles. The van der Waals surface area contributed by atoms with Gasteiger partial charge < -0.3 is 10.1 Å². The van der Waals surface area contributed by atoms with Crippen molar-refractivity contribution >= 4 is 5.69 Å². The first-order valence-electron chi connectivity index (χ1n) is 6.25. The molecule has 1 N–H and O–H groups in total. The molecule has 1 aromatic rings. The number of nitrogens with one attached hydrogen (secondary N) is 1. The summed E-state index contributed by atoms with van der Waals surface area (Å²) in [4.78, 5) is 0. The zero-order valence-corrected chi connectivity index (χ0v) is 11.7. The Bertz CT molecular complexity index is 509. The maximum Gasteiger partial charge on any atom is 0.143 e. The largest absolute Gasteiger partial charge is 0.495 e. The molecule has 1 aromatic carbocycles. The van der Waals surface area contributed by atoms with E-state index in [-0.39, 0.29) is 5.41 Å². The second kappa shape index (κ2) is 6.66. The molecule has 0 amide bonds. The number of hydrogen-bond donors (Lipinski definition) is 1. The lowest BCUT2D eigenvalue weighted by molar-refractivity contribution is 0.415. The highest BCUT2D eigenvalue weighted by molar-refractivity contribution is 5.59. The third kappa shape index (κ3) is 4.52. The molecular weight excluding hydrogens is 238 g/mol. The summed E-state index contributed by atoms with van der Waals surface area (Å²) in [5, 5.41) is 21.0. The molecule has 0 spiro atoms. The van der Waals surface area contributed by atoms with Gasteiger partial charge in [-0.15, -0.1) is 0 Å². The van der Waals surface area contributed by atoms with Gasteiger partial charge in [-0.25, -0.2) is 0 Å². The summed E-state index contributed by atoms with van der Waals surface area (Å²) in [7, 11) is 1.58. The third-order valence-electron chi connectivity index (χ3n) is 2.93. The molecule has 0 aliphatic carbocycles. The van der Waals surface area contributed by atoms with Crippen molar-refractivity contribution in [3.63, 3.8) is 0 Å². The Morgan fingerprint density at radius 2 is 2.05 bits per heavy atom. The molecule has 0 aromatic heterocycles. The number of hydrogen-bond acceptors (Lipinski definition) is 4. The van der Waals surface area contributed by atoms with Crippen molar-refractivity contribution in [1.29, 1.82) is 10.5 Å². The second-order valence-corrected chi connectivity index (χ2v) is 5.05. The lowest BCUT2D eigenvalue weighted by Gasteiger charge is -2.16. The van der Waals surface area contributed by atoms with Crippen molar-refractivity contribution in [2.24, 2.45) is 5.41 Å². The molecule has 0 unspecified atom stereocenters. The topological polar surface area (TPSA) is 68.8 Å². The fraction of sp³-hybridized carbons (Fsp3) is 0.467. The number of anilines is 1. The summed E-state index contributed by atoms with van der Waals surface area (Å²) in [6.45, 7) is 4.65. The van der Waals surface area contributed by atoms with Crippen LogP contribution < -0.4 is 10.1 Å². The van der Waals surface area contributed by atoms with E-state index >= 15 is 0 Å². The van der Waals surface area contributed by atoms with Gasteiger partial charge in [0.05, 0.1) is 35.9 Å². The van der Waals surface area contributed by atoms with Crippen molar-refractivity contribution in [3.8, 4) is 17.9 Å². The summed E-state index contributed by atoms with van der Waals surface area (Å²) in [5.74, 6) is 0.665. The van der Waals surface area contributed by atoms with Crippen LogP contribution in [0.5, 0.6) is 5.75 Å². The molecule has 0 aliphatic rings. The highest BCUT2D eigenvalue weighted by Crippen LogP contribution is 2.26. The van der Waals surface area contributed by atoms with Crippen molar-refractivity contribution < 1.29 is 4.74 Å². The monoisotopic (exact) mass is 257 g/mol. The van der Waals surface area contributed by atoms with E-state index in [0.717, 1.165) is 25.1 Å². The van der Waals surface area contributed by atoms with Crippen LogP contribution in [0, 0.1) is 28.1 Å². The zero-order chi connectivity index (χ0) is 14.3. The minimum atomic E-state index is -0.281. The van der Waals surface area contributed by atoms with Gasteiger partial charge in [-0.2, -0.15) is 10.5 Å². The number of ether oxygens (including phenoxy) is 1. The lowest BCUT2D eigenvalue weighted by atomic mass is 9.90. The molecule has 0 bridgehead atoms. The van der Waals surface area contributed by atoms with Gasteiger partial charge in [0.2, 0.25) is 0 Å². The first kappa shape index (κ1) is 14.9. The van der Waals surface area contributed by atoms with Gasteiger partial charge >= 0.3 is 0 Å². The highest BCUT2D eigenvalue weighted by atomic mass is 16.5. The van der Waals surface area contributed by atoms with Crippen LogP contribution in [0.1, 0.15) is 32.3 Å². The normalized spacial score (nSPS) is 10.4. The standard InChI is InChI=1S/C15H19N3O/c1-15(2,11-17)7-4-8-18-13-6-5-12(10-16)9-14(13)19-3/h5-6,9,18H,4,7-8H2,1-3H3. The molecule has 4 nitrogen and oxygen atoms in total. The summed E-state index contributed by atoms with van der Waals surface area (Å²) in [5.41, 5.74) is 1.17. The van der Waals surface area contributed by atoms with E-state index in [0.29, 0.717) is 11.3 Å². The van der Waals surface area contributed by atoms with Crippen LogP contribution in [0.4, 0.5) is 5.69 Å². The molecule has 0 atom stereocenters. The van der Waals surface area contributed by atoms with Crippen LogP contribution in [0.15, 0.2) is 18.2 Å². The van der Waals surface area contributed by atoms with Gasteiger partial charge in [-0.3, -0.25) is 0 Å². The van der Waals surface area contributed by atoms with Crippen molar-refractivity contribution in [3.05, 3.63) is 23.8 Å². The van der Waals surface area contributed by atoms with Crippen LogP contribution >= 0.6 is 0 Å². The molecule has 4 heteroatoms. The molecule has 0 heterocycles. The predicted molar refractivity (Wildman–Crippen MR) is 74.8 cm³/mol. The Labute approximate surface area is 114 Å². The quantitative estimate of drug-likeness (QED) is 0.794. The van der Waals surface area contributed by atoms with Crippen LogP contribution in [0.2, 0.25) is 0 Å². The van der Waals surface area contributed by atoms with E-state index in [4.69, 9.17) is 15.3 Å². The van der Waals surface area contributed by atoms with Crippen LogP contribution in [0.3, 0.4) is 0 Å². The van der Waals surface area contributed by atoms with Gasteiger partial charge in [-0.05, 0) is 38.8 Å². The predicted octanol–water partition coefficient (Wildman–Crippen LogP) is 3.31. The minimum Gasteiger partial charge on any atom is -0.495 e. The van der Waals surface area contributed by atoms with Crippen LogP contribution in [0.25, 0.3) is 0 Å². The average Bonchev–Trinajstić information content (AvgIpc) is 2.43. The molecule has 0 saturated heterocycles. The van der Waals surface area contributed by atoms with Crippen LogP contribution in [-0.2, 0) is 0 Å². The van der Waals surface area contributed by atoms with Gasteiger partial charge in [0.15, 0.2) is 0 Å². The number of nitriles is 2. The first-order valence-corrected chi connectivity index (χ1v) is 6.25. The average molecular weight is 257 g/mol. The second-order valence-electron chi connectivity index (χ2n) is 5.05.